The van der Waals surface area contributed by atoms with E-state index in [2.05, 4.69) is 20.9 Å². The molecule has 0 fully saturated rings. The number of nitrogens with zero attached hydrogens (tertiary/aromatic N) is 2. The molecule has 2 aromatic rings. The second kappa shape index (κ2) is 6.38. The summed E-state index contributed by atoms with van der Waals surface area (Å²) in [5.41, 5.74) is 6.29. The Morgan fingerprint density at radius 2 is 2.16 bits per heavy atom. The lowest BCUT2D eigenvalue weighted by Crippen LogP contribution is -2.21. The van der Waals surface area contributed by atoms with Crippen molar-refractivity contribution in [3.05, 3.63) is 51.6 Å². The van der Waals surface area contributed by atoms with E-state index >= 15 is 0 Å². The van der Waals surface area contributed by atoms with Gasteiger partial charge in [-0.2, -0.15) is 0 Å². The third-order valence-corrected chi connectivity index (χ3v) is 3.12. The molecule has 0 amide bonds. The third kappa shape index (κ3) is 3.57. The highest BCUT2D eigenvalue weighted by atomic mass is 79.9. The van der Waals surface area contributed by atoms with Crippen LogP contribution < -0.4 is 16.0 Å². The van der Waals surface area contributed by atoms with Gasteiger partial charge in [-0.05, 0) is 34.5 Å². The molecule has 6 heteroatoms. The molecule has 0 atom stereocenters. The average molecular weight is 324 g/mol. The number of aromatic nitrogens is 2. The summed E-state index contributed by atoms with van der Waals surface area (Å²) in [6.07, 6.45) is 3.70. The number of hydrogen-bond donors (Lipinski definition) is 1. The number of rotatable bonds is 5. The molecule has 0 aliphatic heterocycles. The number of para-hydroxylation sites is 2. The highest BCUT2D eigenvalue weighted by Crippen LogP contribution is 2.19. The maximum absolute atomic E-state index is 11.7. The smallest absolute Gasteiger partial charge is 0.267 e. The minimum Gasteiger partial charge on any atom is -0.491 e. The van der Waals surface area contributed by atoms with E-state index in [0.29, 0.717) is 35.5 Å². The van der Waals surface area contributed by atoms with Gasteiger partial charge in [0.1, 0.15) is 10.2 Å². The Morgan fingerprint density at radius 3 is 2.95 bits per heavy atom. The lowest BCUT2D eigenvalue weighted by atomic mass is 10.3. The average Bonchev–Trinajstić information content (AvgIpc) is 2.41. The molecule has 0 radical (unpaired) electrons. The van der Waals surface area contributed by atoms with E-state index in [4.69, 9.17) is 10.5 Å². The molecule has 0 bridgehead atoms. The summed E-state index contributed by atoms with van der Waals surface area (Å²) in [6, 6.07) is 7.34. The number of halogens is 1. The lowest BCUT2D eigenvalue weighted by Gasteiger charge is -2.09. The molecule has 0 saturated carbocycles. The maximum Gasteiger partial charge on any atom is 0.267 e. The SMILES string of the molecule is Nc1ccccc1OCCCn1cncc(Br)c1=O. The highest BCUT2D eigenvalue weighted by Gasteiger charge is 2.01. The summed E-state index contributed by atoms with van der Waals surface area (Å²) >= 11 is 3.16. The molecule has 1 aromatic heterocycles. The van der Waals surface area contributed by atoms with Crippen molar-refractivity contribution in [2.24, 2.45) is 0 Å². The van der Waals surface area contributed by atoms with Crippen LogP contribution in [0.5, 0.6) is 5.75 Å². The van der Waals surface area contributed by atoms with E-state index in [0.717, 1.165) is 0 Å². The van der Waals surface area contributed by atoms with Crippen LogP contribution in [0.3, 0.4) is 0 Å². The molecule has 0 aliphatic rings. The number of benzene rings is 1. The Hall–Kier alpha value is -1.82. The van der Waals surface area contributed by atoms with E-state index in [1.807, 2.05) is 18.2 Å². The summed E-state index contributed by atoms with van der Waals surface area (Å²) < 4.78 is 7.56. The molecular formula is C13H14BrN3O2. The van der Waals surface area contributed by atoms with Crippen LogP contribution >= 0.6 is 15.9 Å². The van der Waals surface area contributed by atoms with Crippen molar-refractivity contribution >= 4 is 21.6 Å². The lowest BCUT2D eigenvalue weighted by molar-refractivity contribution is 0.302. The molecule has 100 valence electrons. The Kier molecular flexibility index (Phi) is 4.57. The van der Waals surface area contributed by atoms with Gasteiger partial charge >= 0.3 is 0 Å². The van der Waals surface area contributed by atoms with Gasteiger partial charge in [-0.15, -0.1) is 0 Å². The zero-order chi connectivity index (χ0) is 13.7. The Balaban J connectivity index is 1.86. The number of aryl methyl sites for hydroxylation is 1. The summed E-state index contributed by atoms with van der Waals surface area (Å²) in [4.78, 5) is 15.7. The first-order valence-corrected chi connectivity index (χ1v) is 6.65. The van der Waals surface area contributed by atoms with Crippen molar-refractivity contribution in [3.8, 4) is 5.75 Å². The fraction of sp³-hybridized carbons (Fsp3) is 0.231. The van der Waals surface area contributed by atoms with Gasteiger partial charge in [0.15, 0.2) is 0 Å². The van der Waals surface area contributed by atoms with Crippen LogP contribution in [0, 0.1) is 0 Å². The van der Waals surface area contributed by atoms with Gasteiger partial charge in [0.25, 0.3) is 5.56 Å². The first-order chi connectivity index (χ1) is 9.18. The number of hydrogen-bond acceptors (Lipinski definition) is 4. The number of ether oxygens (including phenoxy) is 1. The van der Waals surface area contributed by atoms with Gasteiger partial charge in [-0.3, -0.25) is 9.36 Å². The molecule has 0 spiro atoms. The first kappa shape index (κ1) is 13.6. The first-order valence-electron chi connectivity index (χ1n) is 5.86. The van der Waals surface area contributed by atoms with Gasteiger partial charge in [-0.1, -0.05) is 12.1 Å². The summed E-state index contributed by atoms with van der Waals surface area (Å²) in [7, 11) is 0. The standard InChI is InChI=1S/C13H14BrN3O2/c14-10-8-16-9-17(13(10)18)6-3-7-19-12-5-2-1-4-11(12)15/h1-2,4-5,8-9H,3,6-7,15H2. The van der Waals surface area contributed by atoms with Crippen LogP contribution in [-0.2, 0) is 6.54 Å². The fourth-order valence-corrected chi connectivity index (χ4v) is 1.96. The zero-order valence-corrected chi connectivity index (χ0v) is 11.8. The highest BCUT2D eigenvalue weighted by molar-refractivity contribution is 9.10. The second-order valence-corrected chi connectivity index (χ2v) is 4.83. The number of nitrogen functional groups attached to an aromatic ring is 1. The van der Waals surface area contributed by atoms with Gasteiger partial charge in [-0.25, -0.2) is 4.98 Å². The van der Waals surface area contributed by atoms with E-state index in [-0.39, 0.29) is 5.56 Å². The molecule has 19 heavy (non-hydrogen) atoms. The molecule has 0 saturated heterocycles. The minimum absolute atomic E-state index is 0.0887. The topological polar surface area (TPSA) is 70.1 Å². The van der Waals surface area contributed by atoms with E-state index in [1.165, 1.54) is 12.5 Å². The molecular weight excluding hydrogens is 310 g/mol. The van der Waals surface area contributed by atoms with Crippen molar-refractivity contribution in [3.63, 3.8) is 0 Å². The molecule has 2 N–H and O–H groups in total. The van der Waals surface area contributed by atoms with Crippen molar-refractivity contribution in [2.45, 2.75) is 13.0 Å². The quantitative estimate of drug-likeness (QED) is 0.675. The molecule has 1 heterocycles. The predicted molar refractivity (Wildman–Crippen MR) is 77.2 cm³/mol. The molecule has 5 nitrogen and oxygen atoms in total. The van der Waals surface area contributed by atoms with E-state index < -0.39 is 0 Å². The monoisotopic (exact) mass is 323 g/mol. The number of anilines is 1. The normalized spacial score (nSPS) is 10.4. The summed E-state index contributed by atoms with van der Waals surface area (Å²) in [5.74, 6) is 0.669. The molecule has 2 rings (SSSR count). The largest absolute Gasteiger partial charge is 0.491 e. The van der Waals surface area contributed by atoms with Crippen molar-refractivity contribution in [1.29, 1.82) is 0 Å². The molecule has 0 aliphatic carbocycles. The van der Waals surface area contributed by atoms with Crippen LogP contribution in [0.15, 0.2) is 46.1 Å². The van der Waals surface area contributed by atoms with Crippen LogP contribution in [0.25, 0.3) is 0 Å². The summed E-state index contributed by atoms with van der Waals surface area (Å²) in [6.45, 7) is 1.05. The molecule has 0 unspecified atom stereocenters. The van der Waals surface area contributed by atoms with Crippen LogP contribution in [0.4, 0.5) is 5.69 Å². The Morgan fingerprint density at radius 1 is 1.37 bits per heavy atom. The van der Waals surface area contributed by atoms with E-state index in [9.17, 15) is 4.79 Å². The second-order valence-electron chi connectivity index (χ2n) is 3.98. The van der Waals surface area contributed by atoms with Crippen LogP contribution in [0.2, 0.25) is 0 Å². The maximum atomic E-state index is 11.7. The molecule has 1 aromatic carbocycles. The van der Waals surface area contributed by atoms with Crippen molar-refractivity contribution in [1.82, 2.24) is 9.55 Å². The fourth-order valence-electron chi connectivity index (χ4n) is 1.61. The van der Waals surface area contributed by atoms with Crippen LogP contribution in [-0.4, -0.2) is 16.2 Å². The Bertz CT molecular complexity index is 613. The van der Waals surface area contributed by atoms with Crippen molar-refractivity contribution in [2.75, 3.05) is 12.3 Å². The van der Waals surface area contributed by atoms with Gasteiger partial charge in [0.05, 0.1) is 18.6 Å². The Labute approximate surface area is 119 Å². The predicted octanol–water partition coefficient (Wildman–Crippen LogP) is 2.06. The van der Waals surface area contributed by atoms with Gasteiger partial charge in [0.2, 0.25) is 0 Å². The number of nitrogens with two attached hydrogens (primary N) is 1. The van der Waals surface area contributed by atoms with Crippen LogP contribution in [0.1, 0.15) is 6.42 Å². The van der Waals surface area contributed by atoms with E-state index in [1.54, 1.807) is 10.6 Å². The third-order valence-electron chi connectivity index (χ3n) is 2.58. The van der Waals surface area contributed by atoms with Gasteiger partial charge < -0.3 is 10.5 Å². The van der Waals surface area contributed by atoms with Gasteiger partial charge in [0, 0.05) is 12.7 Å². The van der Waals surface area contributed by atoms with Crippen molar-refractivity contribution < 1.29 is 4.74 Å². The minimum atomic E-state index is -0.0887. The summed E-state index contributed by atoms with van der Waals surface area (Å²) in [5, 5.41) is 0. The zero-order valence-electron chi connectivity index (χ0n) is 10.3.